The highest BCUT2D eigenvalue weighted by molar-refractivity contribution is 6.33. The van der Waals surface area contributed by atoms with E-state index in [1.165, 1.54) is 4.80 Å². The lowest BCUT2D eigenvalue weighted by molar-refractivity contribution is -0.132. The highest BCUT2D eigenvalue weighted by Crippen LogP contribution is 2.23. The fraction of sp³-hybridized carbons (Fsp3) is 0.278. The van der Waals surface area contributed by atoms with Crippen LogP contribution in [0.15, 0.2) is 48.7 Å². The van der Waals surface area contributed by atoms with E-state index in [9.17, 15) is 4.79 Å². The fourth-order valence-corrected chi connectivity index (χ4v) is 3.23. The molecule has 0 bridgehead atoms. The van der Waals surface area contributed by atoms with E-state index in [1.54, 1.807) is 12.3 Å². The smallest absolute Gasteiger partial charge is 0.246 e. The van der Waals surface area contributed by atoms with Gasteiger partial charge in [-0.2, -0.15) is 4.80 Å². The number of pyridine rings is 1. The number of rotatable bonds is 4. The standard InChI is InChI=1S/C18H18ClN7O/c19-15-6-2-1-5-14(15)18-21-23-26(22-18)13-17(27)25-11-9-24(10-12-25)16-7-3-4-8-20-16/h1-8H,9-13H2. The highest BCUT2D eigenvalue weighted by Gasteiger charge is 2.22. The van der Waals surface area contributed by atoms with Gasteiger partial charge in [-0.15, -0.1) is 10.2 Å². The molecule has 1 aromatic carbocycles. The SMILES string of the molecule is O=C(Cn1nnc(-c2ccccc2Cl)n1)N1CCN(c2ccccn2)CC1. The molecule has 0 aliphatic carbocycles. The van der Waals surface area contributed by atoms with Crippen LogP contribution < -0.4 is 4.90 Å². The number of nitrogens with zero attached hydrogens (tertiary/aromatic N) is 7. The van der Waals surface area contributed by atoms with Crippen molar-refractivity contribution in [1.29, 1.82) is 0 Å². The molecule has 0 saturated carbocycles. The summed E-state index contributed by atoms with van der Waals surface area (Å²) in [6, 6.07) is 13.1. The van der Waals surface area contributed by atoms with Crippen LogP contribution in [0.1, 0.15) is 0 Å². The van der Waals surface area contributed by atoms with E-state index in [2.05, 4.69) is 25.3 Å². The Bertz CT molecular complexity index is 922. The Kier molecular flexibility index (Phi) is 4.97. The lowest BCUT2D eigenvalue weighted by Gasteiger charge is -2.35. The number of halogens is 1. The van der Waals surface area contributed by atoms with Gasteiger partial charge >= 0.3 is 0 Å². The molecule has 2 aromatic heterocycles. The van der Waals surface area contributed by atoms with Gasteiger partial charge in [0.1, 0.15) is 12.4 Å². The van der Waals surface area contributed by atoms with Gasteiger partial charge in [0, 0.05) is 37.9 Å². The molecule has 1 saturated heterocycles. The van der Waals surface area contributed by atoms with Gasteiger partial charge in [0.25, 0.3) is 0 Å². The Labute approximate surface area is 161 Å². The predicted octanol–water partition coefficient (Wildman–Crippen LogP) is 1.74. The third-order valence-corrected chi connectivity index (χ3v) is 4.78. The van der Waals surface area contributed by atoms with Crippen LogP contribution in [0.2, 0.25) is 5.02 Å². The molecule has 0 spiro atoms. The van der Waals surface area contributed by atoms with Gasteiger partial charge in [0.15, 0.2) is 0 Å². The van der Waals surface area contributed by atoms with Crippen LogP contribution >= 0.6 is 11.6 Å². The minimum absolute atomic E-state index is 0.0289. The van der Waals surface area contributed by atoms with E-state index in [4.69, 9.17) is 11.6 Å². The second-order valence-corrected chi connectivity index (χ2v) is 6.59. The second-order valence-electron chi connectivity index (χ2n) is 6.18. The Morgan fingerprint density at radius 3 is 2.56 bits per heavy atom. The maximum atomic E-state index is 12.6. The van der Waals surface area contributed by atoms with Crippen molar-refractivity contribution in [2.24, 2.45) is 0 Å². The summed E-state index contributed by atoms with van der Waals surface area (Å²) in [5, 5.41) is 12.8. The number of anilines is 1. The van der Waals surface area contributed by atoms with Gasteiger partial charge in [0.05, 0.1) is 5.02 Å². The van der Waals surface area contributed by atoms with Crippen molar-refractivity contribution < 1.29 is 4.79 Å². The molecule has 1 amide bonds. The van der Waals surface area contributed by atoms with Crippen LogP contribution in [-0.4, -0.2) is 62.2 Å². The lowest BCUT2D eigenvalue weighted by Crippen LogP contribution is -2.50. The molecule has 9 heteroatoms. The maximum Gasteiger partial charge on any atom is 0.246 e. The van der Waals surface area contributed by atoms with Crippen molar-refractivity contribution in [3.8, 4) is 11.4 Å². The van der Waals surface area contributed by atoms with E-state index in [0.717, 1.165) is 18.9 Å². The van der Waals surface area contributed by atoms with Gasteiger partial charge in [-0.05, 0) is 29.5 Å². The third kappa shape index (κ3) is 3.90. The summed E-state index contributed by atoms with van der Waals surface area (Å²) in [5.74, 6) is 1.32. The van der Waals surface area contributed by atoms with Gasteiger partial charge in [-0.25, -0.2) is 4.98 Å². The Morgan fingerprint density at radius 1 is 1.04 bits per heavy atom. The van der Waals surface area contributed by atoms with Gasteiger partial charge in [-0.1, -0.05) is 29.8 Å². The molecule has 138 valence electrons. The summed E-state index contributed by atoms with van der Waals surface area (Å²) >= 11 is 6.16. The Hall–Kier alpha value is -3.00. The number of carbonyl (C=O) groups is 1. The normalized spacial score (nSPS) is 14.4. The molecule has 4 rings (SSSR count). The minimum atomic E-state index is -0.0289. The van der Waals surface area contributed by atoms with Crippen LogP contribution in [0.25, 0.3) is 11.4 Å². The number of piperazine rings is 1. The van der Waals surface area contributed by atoms with Crippen molar-refractivity contribution in [2.75, 3.05) is 31.1 Å². The van der Waals surface area contributed by atoms with Crippen LogP contribution in [0.5, 0.6) is 0 Å². The summed E-state index contributed by atoms with van der Waals surface area (Å²) in [4.78, 5) is 22.2. The summed E-state index contributed by atoms with van der Waals surface area (Å²) < 4.78 is 0. The number of benzene rings is 1. The lowest BCUT2D eigenvalue weighted by atomic mass is 10.2. The molecule has 1 aliphatic heterocycles. The van der Waals surface area contributed by atoms with Crippen molar-refractivity contribution >= 4 is 23.3 Å². The number of carbonyl (C=O) groups excluding carboxylic acids is 1. The molecule has 0 atom stereocenters. The van der Waals surface area contributed by atoms with Gasteiger partial charge in [0.2, 0.25) is 11.7 Å². The minimum Gasteiger partial charge on any atom is -0.353 e. The third-order valence-electron chi connectivity index (χ3n) is 4.45. The number of hydrogen-bond donors (Lipinski definition) is 0. The van der Waals surface area contributed by atoms with Gasteiger partial charge in [-0.3, -0.25) is 4.79 Å². The molecular weight excluding hydrogens is 366 g/mol. The summed E-state index contributed by atoms with van der Waals surface area (Å²) in [6.45, 7) is 2.83. The highest BCUT2D eigenvalue weighted by atomic mass is 35.5. The van der Waals surface area contributed by atoms with Crippen molar-refractivity contribution in [3.05, 3.63) is 53.7 Å². The van der Waals surface area contributed by atoms with Crippen molar-refractivity contribution in [2.45, 2.75) is 6.54 Å². The first-order valence-electron chi connectivity index (χ1n) is 8.67. The molecule has 0 radical (unpaired) electrons. The quantitative estimate of drug-likeness (QED) is 0.682. The zero-order valence-corrected chi connectivity index (χ0v) is 15.3. The first-order chi connectivity index (χ1) is 13.2. The van der Waals surface area contributed by atoms with Crippen LogP contribution in [0.4, 0.5) is 5.82 Å². The van der Waals surface area contributed by atoms with E-state index < -0.39 is 0 Å². The molecule has 0 N–H and O–H groups in total. The Morgan fingerprint density at radius 2 is 1.81 bits per heavy atom. The van der Waals surface area contributed by atoms with E-state index in [-0.39, 0.29) is 12.5 Å². The second kappa shape index (κ2) is 7.71. The van der Waals surface area contributed by atoms with Crippen LogP contribution in [0.3, 0.4) is 0 Å². The van der Waals surface area contributed by atoms with Gasteiger partial charge < -0.3 is 9.80 Å². The molecule has 1 aliphatic rings. The van der Waals surface area contributed by atoms with Crippen LogP contribution in [-0.2, 0) is 11.3 Å². The predicted molar refractivity (Wildman–Crippen MR) is 101 cm³/mol. The molecule has 3 heterocycles. The first kappa shape index (κ1) is 17.4. The molecule has 3 aromatic rings. The zero-order valence-electron chi connectivity index (χ0n) is 14.6. The molecule has 0 unspecified atom stereocenters. The molecule has 8 nitrogen and oxygen atoms in total. The number of aromatic nitrogens is 5. The topological polar surface area (TPSA) is 80.0 Å². The van der Waals surface area contributed by atoms with Crippen LogP contribution in [0, 0.1) is 0 Å². The molecule has 27 heavy (non-hydrogen) atoms. The van der Waals surface area contributed by atoms with Crippen molar-refractivity contribution in [1.82, 2.24) is 30.1 Å². The number of tetrazole rings is 1. The average molecular weight is 384 g/mol. The first-order valence-corrected chi connectivity index (χ1v) is 9.05. The number of hydrogen-bond acceptors (Lipinski definition) is 6. The fourth-order valence-electron chi connectivity index (χ4n) is 3.01. The maximum absolute atomic E-state index is 12.6. The number of amides is 1. The zero-order chi connectivity index (χ0) is 18.6. The van der Waals surface area contributed by atoms with E-state index in [0.29, 0.717) is 29.5 Å². The summed E-state index contributed by atoms with van der Waals surface area (Å²) in [7, 11) is 0. The molecular formula is C18H18ClN7O. The monoisotopic (exact) mass is 383 g/mol. The summed E-state index contributed by atoms with van der Waals surface area (Å²) in [5.41, 5.74) is 0.696. The van der Waals surface area contributed by atoms with E-state index >= 15 is 0 Å². The average Bonchev–Trinajstić information content (AvgIpc) is 3.17. The van der Waals surface area contributed by atoms with Crippen molar-refractivity contribution in [3.63, 3.8) is 0 Å². The van der Waals surface area contributed by atoms with E-state index in [1.807, 2.05) is 41.3 Å². The summed E-state index contributed by atoms with van der Waals surface area (Å²) in [6.07, 6.45) is 1.78. The Balaban J connectivity index is 1.36. The molecule has 1 fully saturated rings. The largest absolute Gasteiger partial charge is 0.353 e.